The molecule has 5 heteroatoms. The van der Waals surface area contributed by atoms with Crippen LogP contribution in [0, 0.1) is 12.8 Å². The van der Waals surface area contributed by atoms with Crippen molar-refractivity contribution in [2.45, 2.75) is 63.5 Å². The van der Waals surface area contributed by atoms with E-state index in [4.69, 9.17) is 10.6 Å². The number of hydrogen-bond acceptors (Lipinski definition) is 5. The van der Waals surface area contributed by atoms with Crippen LogP contribution in [0.3, 0.4) is 0 Å². The molecule has 2 aliphatic rings. The zero-order valence-corrected chi connectivity index (χ0v) is 12.8. The molecular weight excluding hydrogens is 264 g/mol. The summed E-state index contributed by atoms with van der Waals surface area (Å²) in [7, 11) is 0. The number of ether oxygens (including phenoxy) is 1. The second-order valence-electron chi connectivity index (χ2n) is 6.61. The lowest BCUT2D eigenvalue weighted by Crippen LogP contribution is -2.46. The molecule has 2 fully saturated rings. The molecule has 116 valence electrons. The Balaban J connectivity index is 1.75. The first kappa shape index (κ1) is 14.9. The van der Waals surface area contributed by atoms with Crippen molar-refractivity contribution in [1.82, 2.24) is 15.4 Å². The maximum absolute atomic E-state index is 6.18. The van der Waals surface area contributed by atoms with Gasteiger partial charge in [-0.1, -0.05) is 19.3 Å². The molecule has 2 atom stereocenters. The van der Waals surface area contributed by atoms with E-state index in [9.17, 15) is 0 Å². The molecular formula is C16H26N4O. The molecule has 0 bridgehead atoms. The first-order chi connectivity index (χ1) is 10.2. The largest absolute Gasteiger partial charge is 0.375 e. The number of hydrazine groups is 1. The van der Waals surface area contributed by atoms with E-state index >= 15 is 0 Å². The van der Waals surface area contributed by atoms with Crippen LogP contribution >= 0.6 is 0 Å². The lowest BCUT2D eigenvalue weighted by atomic mass is 9.74. The average Bonchev–Trinajstić information content (AvgIpc) is 2.51. The van der Waals surface area contributed by atoms with E-state index in [0.29, 0.717) is 5.92 Å². The van der Waals surface area contributed by atoms with E-state index < -0.39 is 0 Å². The fourth-order valence-corrected chi connectivity index (χ4v) is 3.88. The summed E-state index contributed by atoms with van der Waals surface area (Å²) in [5.41, 5.74) is 4.11. The minimum absolute atomic E-state index is 0.0216. The first-order valence-electron chi connectivity index (χ1n) is 8.11. The Morgan fingerprint density at radius 3 is 2.67 bits per heavy atom. The van der Waals surface area contributed by atoms with Crippen LogP contribution in [0.25, 0.3) is 0 Å². The predicted molar refractivity (Wildman–Crippen MR) is 81.3 cm³/mol. The maximum atomic E-state index is 6.18. The molecule has 3 N–H and O–H groups in total. The van der Waals surface area contributed by atoms with Gasteiger partial charge in [-0.2, -0.15) is 0 Å². The Kier molecular flexibility index (Phi) is 4.52. The van der Waals surface area contributed by atoms with Crippen molar-refractivity contribution in [3.8, 4) is 0 Å². The van der Waals surface area contributed by atoms with Gasteiger partial charge < -0.3 is 4.74 Å². The Morgan fingerprint density at radius 1 is 1.29 bits per heavy atom. The maximum Gasteiger partial charge on any atom is 0.146 e. The quantitative estimate of drug-likeness (QED) is 0.660. The fraction of sp³-hybridized carbons (Fsp3) is 0.750. The van der Waals surface area contributed by atoms with E-state index in [1.807, 2.05) is 19.3 Å². The van der Waals surface area contributed by atoms with Gasteiger partial charge in [0, 0.05) is 19.0 Å². The van der Waals surface area contributed by atoms with Crippen molar-refractivity contribution in [2.24, 2.45) is 11.8 Å². The average molecular weight is 290 g/mol. The summed E-state index contributed by atoms with van der Waals surface area (Å²) in [5.74, 6) is 7.08. The zero-order valence-electron chi connectivity index (χ0n) is 12.8. The highest BCUT2D eigenvalue weighted by molar-refractivity contribution is 5.06. The zero-order chi connectivity index (χ0) is 14.7. The molecule has 1 aliphatic heterocycles. The molecule has 1 aromatic rings. The molecule has 1 spiro atoms. The van der Waals surface area contributed by atoms with Crippen LogP contribution < -0.4 is 11.3 Å². The summed E-state index contributed by atoms with van der Waals surface area (Å²) in [6.45, 7) is 2.83. The molecule has 0 radical (unpaired) electrons. The molecule has 21 heavy (non-hydrogen) atoms. The summed E-state index contributed by atoms with van der Waals surface area (Å²) < 4.78 is 6.18. The third-order valence-electron chi connectivity index (χ3n) is 5.03. The Hall–Kier alpha value is -1.04. The predicted octanol–water partition coefficient (Wildman–Crippen LogP) is 2.42. The highest BCUT2D eigenvalue weighted by Gasteiger charge is 2.41. The fourth-order valence-electron chi connectivity index (χ4n) is 3.88. The summed E-state index contributed by atoms with van der Waals surface area (Å²) in [6.07, 6.45) is 12.1. The Bertz CT molecular complexity index is 450. The van der Waals surface area contributed by atoms with E-state index in [0.717, 1.165) is 30.8 Å². The Morgan fingerprint density at radius 2 is 2.00 bits per heavy atom. The van der Waals surface area contributed by atoms with Crippen molar-refractivity contribution >= 4 is 0 Å². The van der Waals surface area contributed by atoms with Crippen LogP contribution in [0.1, 0.15) is 62.4 Å². The summed E-state index contributed by atoms with van der Waals surface area (Å²) in [6, 6.07) is 0.0216. The minimum atomic E-state index is 0.0216. The van der Waals surface area contributed by atoms with E-state index in [-0.39, 0.29) is 11.6 Å². The third-order valence-corrected chi connectivity index (χ3v) is 5.03. The number of aryl methyl sites for hydroxylation is 1. The highest BCUT2D eigenvalue weighted by atomic mass is 16.5. The number of hydrogen-bond donors (Lipinski definition) is 2. The smallest absolute Gasteiger partial charge is 0.146 e. The number of aromatic nitrogens is 2. The van der Waals surface area contributed by atoms with Crippen LogP contribution in [0.2, 0.25) is 0 Å². The third kappa shape index (κ3) is 3.25. The highest BCUT2D eigenvalue weighted by Crippen LogP contribution is 2.43. The molecule has 1 saturated carbocycles. The molecule has 3 rings (SSSR count). The van der Waals surface area contributed by atoms with Crippen LogP contribution in [-0.4, -0.2) is 22.2 Å². The van der Waals surface area contributed by atoms with Gasteiger partial charge in [0.2, 0.25) is 0 Å². The molecule has 2 heterocycles. The van der Waals surface area contributed by atoms with Crippen molar-refractivity contribution in [1.29, 1.82) is 0 Å². The van der Waals surface area contributed by atoms with E-state index in [1.54, 1.807) is 0 Å². The van der Waals surface area contributed by atoms with Crippen molar-refractivity contribution in [3.63, 3.8) is 0 Å². The van der Waals surface area contributed by atoms with Gasteiger partial charge in [0.25, 0.3) is 0 Å². The molecule has 0 amide bonds. The van der Waals surface area contributed by atoms with Crippen LogP contribution in [0.4, 0.5) is 0 Å². The SMILES string of the molecule is Cc1cnc(C(NN)C2CCOC3(CCCCC3)C2)nc1. The number of nitrogens with one attached hydrogen (secondary N) is 1. The summed E-state index contributed by atoms with van der Waals surface area (Å²) in [4.78, 5) is 8.93. The van der Waals surface area contributed by atoms with Gasteiger partial charge in [0.05, 0.1) is 11.6 Å². The van der Waals surface area contributed by atoms with Gasteiger partial charge in [0.1, 0.15) is 5.82 Å². The molecule has 2 unspecified atom stereocenters. The van der Waals surface area contributed by atoms with Gasteiger partial charge in [0.15, 0.2) is 0 Å². The van der Waals surface area contributed by atoms with Gasteiger partial charge in [-0.25, -0.2) is 15.4 Å². The number of rotatable bonds is 3. The van der Waals surface area contributed by atoms with Gasteiger partial charge in [-0.05, 0) is 44.1 Å². The molecule has 5 nitrogen and oxygen atoms in total. The van der Waals surface area contributed by atoms with Gasteiger partial charge in [-0.15, -0.1) is 0 Å². The van der Waals surface area contributed by atoms with E-state index in [1.165, 1.54) is 32.1 Å². The minimum Gasteiger partial charge on any atom is -0.375 e. The van der Waals surface area contributed by atoms with Crippen molar-refractivity contribution in [2.75, 3.05) is 6.61 Å². The van der Waals surface area contributed by atoms with Crippen molar-refractivity contribution in [3.05, 3.63) is 23.8 Å². The standard InChI is InChI=1S/C16H26N4O/c1-12-10-18-15(19-11-12)14(20-17)13-5-8-21-16(9-13)6-3-2-4-7-16/h10-11,13-14,20H,2-9,17H2,1H3. The molecule has 1 aromatic heterocycles. The van der Waals surface area contributed by atoms with Crippen LogP contribution in [-0.2, 0) is 4.74 Å². The van der Waals surface area contributed by atoms with Crippen molar-refractivity contribution < 1.29 is 4.74 Å². The Labute approximate surface area is 126 Å². The van der Waals surface area contributed by atoms with E-state index in [2.05, 4.69) is 15.4 Å². The van der Waals surface area contributed by atoms with Gasteiger partial charge >= 0.3 is 0 Å². The number of nitrogens with two attached hydrogens (primary N) is 1. The number of nitrogens with zero attached hydrogens (tertiary/aromatic N) is 2. The lowest BCUT2D eigenvalue weighted by Gasteiger charge is -2.45. The molecule has 0 aromatic carbocycles. The summed E-state index contributed by atoms with van der Waals surface area (Å²) in [5, 5.41) is 0. The second kappa shape index (κ2) is 6.38. The molecule has 1 aliphatic carbocycles. The lowest BCUT2D eigenvalue weighted by molar-refractivity contribution is -0.122. The normalized spacial score (nSPS) is 26.7. The second-order valence-corrected chi connectivity index (χ2v) is 6.61. The summed E-state index contributed by atoms with van der Waals surface area (Å²) >= 11 is 0. The van der Waals surface area contributed by atoms with Crippen LogP contribution in [0.5, 0.6) is 0 Å². The molecule has 1 saturated heterocycles. The topological polar surface area (TPSA) is 73.1 Å². The van der Waals surface area contributed by atoms with Crippen LogP contribution in [0.15, 0.2) is 12.4 Å². The van der Waals surface area contributed by atoms with Gasteiger partial charge in [-0.3, -0.25) is 5.84 Å². The monoisotopic (exact) mass is 290 g/mol. The first-order valence-corrected chi connectivity index (χ1v) is 8.11.